The van der Waals surface area contributed by atoms with Gasteiger partial charge in [0.1, 0.15) is 6.04 Å². The van der Waals surface area contributed by atoms with Crippen LogP contribution in [-0.4, -0.2) is 32.5 Å². The normalized spacial score (nSPS) is 13.4. The smallest absolute Gasteiger partial charge is 0.241 e. The van der Waals surface area contributed by atoms with Crippen LogP contribution in [0.25, 0.3) is 0 Å². The fourth-order valence-electron chi connectivity index (χ4n) is 0.954. The Hall–Kier alpha value is -1.24. The van der Waals surface area contributed by atoms with E-state index in [1.807, 2.05) is 4.72 Å². The minimum atomic E-state index is -3.76. The van der Waals surface area contributed by atoms with Crippen molar-refractivity contribution < 1.29 is 18.3 Å². The minimum Gasteiger partial charge on any atom is -0.394 e. The first-order chi connectivity index (χ1) is 7.10. The van der Waals surface area contributed by atoms with Crippen molar-refractivity contribution in [2.24, 2.45) is 0 Å². The number of aliphatic hydroxyl groups is 1. The van der Waals surface area contributed by atoms with Gasteiger partial charge < -0.3 is 5.11 Å². The van der Waals surface area contributed by atoms with E-state index >= 15 is 0 Å². The third-order valence-corrected chi connectivity index (χ3v) is 3.16. The Morgan fingerprint density at radius 2 is 1.93 bits per heavy atom. The van der Waals surface area contributed by atoms with Crippen LogP contribution in [0.2, 0.25) is 0 Å². The van der Waals surface area contributed by atoms with Gasteiger partial charge in [0.15, 0.2) is 0 Å². The summed E-state index contributed by atoms with van der Waals surface area (Å²) >= 11 is 0. The van der Waals surface area contributed by atoms with Gasteiger partial charge in [0.25, 0.3) is 0 Å². The predicted molar refractivity (Wildman–Crippen MR) is 53.3 cm³/mol. The molecule has 0 fully saturated rings. The summed E-state index contributed by atoms with van der Waals surface area (Å²) < 4.78 is 25.1. The first-order valence-corrected chi connectivity index (χ1v) is 5.64. The van der Waals surface area contributed by atoms with Gasteiger partial charge in [0.05, 0.1) is 11.5 Å². The van der Waals surface area contributed by atoms with Crippen LogP contribution in [0.15, 0.2) is 35.2 Å². The molecular weight excluding hydrogens is 218 g/mol. The van der Waals surface area contributed by atoms with Crippen molar-refractivity contribution in [1.29, 1.82) is 0 Å². The molecule has 0 aliphatic rings. The molecular formula is C9H10NO4S. The van der Waals surface area contributed by atoms with Gasteiger partial charge in [-0.05, 0) is 12.1 Å². The SMILES string of the molecule is O=[C][C@@H](CO)NS(=O)(=O)c1ccccc1. The maximum atomic E-state index is 11.6. The molecule has 0 amide bonds. The lowest BCUT2D eigenvalue weighted by molar-refractivity contribution is 0.280. The number of carbonyl (C=O) groups excluding carboxylic acids is 1. The molecule has 1 aromatic carbocycles. The second-order valence-electron chi connectivity index (χ2n) is 2.79. The van der Waals surface area contributed by atoms with Crippen molar-refractivity contribution in [2.45, 2.75) is 10.9 Å². The number of hydrogen-bond donors (Lipinski definition) is 2. The van der Waals surface area contributed by atoms with Gasteiger partial charge in [-0.25, -0.2) is 8.42 Å². The maximum Gasteiger partial charge on any atom is 0.241 e. The summed E-state index contributed by atoms with van der Waals surface area (Å²) in [6.07, 6.45) is 1.39. The standard InChI is InChI=1S/C9H10NO4S/c11-6-8(7-12)10-15(13,14)9-4-2-1-3-5-9/h1-5,8,10-11H,6H2/t8-/m1/s1. The van der Waals surface area contributed by atoms with E-state index in [2.05, 4.69) is 0 Å². The van der Waals surface area contributed by atoms with Crippen LogP contribution in [0.5, 0.6) is 0 Å². The van der Waals surface area contributed by atoms with Crippen LogP contribution in [0.1, 0.15) is 0 Å². The highest BCUT2D eigenvalue weighted by molar-refractivity contribution is 7.89. The van der Waals surface area contributed by atoms with Gasteiger partial charge in [-0.3, -0.25) is 4.79 Å². The van der Waals surface area contributed by atoms with Crippen molar-refractivity contribution in [3.8, 4) is 0 Å². The number of sulfonamides is 1. The molecule has 0 aromatic heterocycles. The molecule has 0 aliphatic carbocycles. The highest BCUT2D eigenvalue weighted by Crippen LogP contribution is 2.07. The van der Waals surface area contributed by atoms with Gasteiger partial charge >= 0.3 is 0 Å². The maximum absolute atomic E-state index is 11.6. The number of benzene rings is 1. The molecule has 0 unspecified atom stereocenters. The summed E-state index contributed by atoms with van der Waals surface area (Å²) in [5.41, 5.74) is 0. The molecule has 0 saturated heterocycles. The van der Waals surface area contributed by atoms with Gasteiger partial charge in [0.2, 0.25) is 16.3 Å². The minimum absolute atomic E-state index is 0.0405. The molecule has 0 saturated carbocycles. The highest BCUT2D eigenvalue weighted by atomic mass is 32.2. The van der Waals surface area contributed by atoms with Crippen LogP contribution in [-0.2, 0) is 14.8 Å². The molecule has 1 rings (SSSR count). The van der Waals surface area contributed by atoms with E-state index in [9.17, 15) is 13.2 Å². The monoisotopic (exact) mass is 228 g/mol. The lowest BCUT2D eigenvalue weighted by Gasteiger charge is -2.09. The lowest BCUT2D eigenvalue weighted by Crippen LogP contribution is -2.38. The quantitative estimate of drug-likeness (QED) is 0.707. The summed E-state index contributed by atoms with van der Waals surface area (Å²) in [5, 5.41) is 8.65. The van der Waals surface area contributed by atoms with E-state index in [1.54, 1.807) is 18.2 Å². The zero-order valence-corrected chi connectivity index (χ0v) is 8.57. The number of aliphatic hydroxyl groups excluding tert-OH is 1. The molecule has 0 heterocycles. The molecule has 6 heteroatoms. The first kappa shape index (κ1) is 11.8. The molecule has 1 radical (unpaired) electrons. The summed E-state index contributed by atoms with van der Waals surface area (Å²) in [4.78, 5) is 10.3. The van der Waals surface area contributed by atoms with Crippen LogP contribution in [0, 0.1) is 0 Å². The Morgan fingerprint density at radius 3 is 2.40 bits per heavy atom. The summed E-state index contributed by atoms with van der Waals surface area (Å²) in [6.45, 7) is -0.616. The molecule has 1 aromatic rings. The first-order valence-electron chi connectivity index (χ1n) is 4.16. The van der Waals surface area contributed by atoms with Crippen molar-refractivity contribution >= 4 is 16.3 Å². The molecule has 81 valence electrons. The van der Waals surface area contributed by atoms with Crippen molar-refractivity contribution in [2.75, 3.05) is 6.61 Å². The molecule has 0 spiro atoms. The van der Waals surface area contributed by atoms with Crippen LogP contribution in [0.3, 0.4) is 0 Å². The summed E-state index contributed by atoms with van der Waals surface area (Å²) in [7, 11) is -3.76. The fraction of sp³-hybridized carbons (Fsp3) is 0.222. The summed E-state index contributed by atoms with van der Waals surface area (Å²) in [6, 6.07) is 6.35. The van der Waals surface area contributed by atoms with Crippen molar-refractivity contribution in [3.05, 3.63) is 30.3 Å². The summed E-state index contributed by atoms with van der Waals surface area (Å²) in [5.74, 6) is 0. The van der Waals surface area contributed by atoms with Gasteiger partial charge in [-0.15, -0.1) is 0 Å². The van der Waals surface area contributed by atoms with E-state index in [1.165, 1.54) is 18.4 Å². The molecule has 5 nitrogen and oxygen atoms in total. The molecule has 2 N–H and O–H groups in total. The van der Waals surface area contributed by atoms with E-state index in [0.29, 0.717) is 0 Å². The second kappa shape index (κ2) is 5.01. The van der Waals surface area contributed by atoms with Gasteiger partial charge in [0, 0.05) is 0 Å². The molecule has 0 aliphatic heterocycles. The van der Waals surface area contributed by atoms with Crippen LogP contribution >= 0.6 is 0 Å². The van der Waals surface area contributed by atoms with Crippen molar-refractivity contribution in [3.63, 3.8) is 0 Å². The Labute approximate surface area is 87.8 Å². The Bertz CT molecular complexity index is 415. The Kier molecular flexibility index (Phi) is 3.96. The average Bonchev–Trinajstić information content (AvgIpc) is 2.27. The predicted octanol–water partition coefficient (Wildman–Crippen LogP) is -0.565. The molecule has 0 bridgehead atoms. The molecule has 15 heavy (non-hydrogen) atoms. The van der Waals surface area contributed by atoms with Gasteiger partial charge in [-0.1, -0.05) is 18.2 Å². The fourth-order valence-corrected chi connectivity index (χ4v) is 2.10. The number of nitrogens with one attached hydrogen (secondary N) is 1. The number of rotatable bonds is 5. The van der Waals surface area contributed by atoms with E-state index in [0.717, 1.165) is 0 Å². The van der Waals surface area contributed by atoms with E-state index < -0.39 is 22.7 Å². The number of hydrogen-bond acceptors (Lipinski definition) is 4. The Balaban J connectivity index is 2.90. The van der Waals surface area contributed by atoms with Crippen LogP contribution < -0.4 is 4.72 Å². The zero-order chi connectivity index (χ0) is 11.3. The van der Waals surface area contributed by atoms with Crippen molar-refractivity contribution in [1.82, 2.24) is 4.72 Å². The van der Waals surface area contributed by atoms with E-state index in [4.69, 9.17) is 5.11 Å². The second-order valence-corrected chi connectivity index (χ2v) is 4.50. The highest BCUT2D eigenvalue weighted by Gasteiger charge is 2.18. The van der Waals surface area contributed by atoms with Crippen LogP contribution in [0.4, 0.5) is 0 Å². The topological polar surface area (TPSA) is 83.5 Å². The molecule has 1 atom stereocenters. The third-order valence-electron chi connectivity index (χ3n) is 1.68. The third kappa shape index (κ3) is 3.12. The van der Waals surface area contributed by atoms with E-state index in [-0.39, 0.29) is 4.90 Å². The largest absolute Gasteiger partial charge is 0.394 e. The average molecular weight is 228 g/mol. The zero-order valence-electron chi connectivity index (χ0n) is 7.75. The van der Waals surface area contributed by atoms with Gasteiger partial charge in [-0.2, -0.15) is 4.72 Å². The lowest BCUT2D eigenvalue weighted by atomic mass is 10.4. The Morgan fingerprint density at radius 1 is 1.33 bits per heavy atom.